The Morgan fingerprint density at radius 3 is 2.68 bits per heavy atom. The number of carbonyl (C=O) groups excluding carboxylic acids is 2. The molecule has 2 saturated heterocycles. The highest BCUT2D eigenvalue weighted by Crippen LogP contribution is 2.28. The van der Waals surface area contributed by atoms with Crippen LogP contribution in [-0.4, -0.2) is 47.0 Å². The van der Waals surface area contributed by atoms with Gasteiger partial charge in [0.05, 0.1) is 6.10 Å². The Balaban J connectivity index is 2.26. The maximum Gasteiger partial charge on any atom is 0.248 e. The quantitative estimate of drug-likeness (QED) is 0.815. The summed E-state index contributed by atoms with van der Waals surface area (Å²) in [5, 5.41) is 2.83. The fourth-order valence-corrected chi connectivity index (χ4v) is 3.06. The molecule has 2 aliphatic heterocycles. The minimum Gasteiger partial charge on any atom is -0.378 e. The Morgan fingerprint density at radius 1 is 1.42 bits per heavy atom. The van der Waals surface area contributed by atoms with Crippen LogP contribution in [0.2, 0.25) is 0 Å². The molecule has 3 atom stereocenters. The van der Waals surface area contributed by atoms with Crippen molar-refractivity contribution in [3.8, 4) is 0 Å². The fraction of sp³-hybridized carbons (Fsp3) is 0.857. The zero-order valence-corrected chi connectivity index (χ0v) is 12.2. The van der Waals surface area contributed by atoms with Crippen molar-refractivity contribution in [2.45, 2.75) is 70.7 Å². The van der Waals surface area contributed by atoms with Crippen molar-refractivity contribution in [2.24, 2.45) is 0 Å². The zero-order valence-electron chi connectivity index (χ0n) is 12.2. The average Bonchev–Trinajstić information content (AvgIpc) is 2.32. The van der Waals surface area contributed by atoms with E-state index in [2.05, 4.69) is 5.32 Å². The lowest BCUT2D eigenvalue weighted by Gasteiger charge is -2.48. The van der Waals surface area contributed by atoms with Crippen LogP contribution in [-0.2, 0) is 14.3 Å². The number of hydrogen-bond donors (Lipinski definition) is 1. The first kappa shape index (κ1) is 14.3. The van der Waals surface area contributed by atoms with Crippen LogP contribution in [0.1, 0.15) is 47.0 Å². The highest BCUT2D eigenvalue weighted by atomic mass is 16.5. The maximum absolute atomic E-state index is 12.6. The minimum atomic E-state index is -0.801. The van der Waals surface area contributed by atoms with E-state index in [0.717, 1.165) is 12.8 Å². The second-order valence-electron chi connectivity index (χ2n) is 6.11. The van der Waals surface area contributed by atoms with Crippen molar-refractivity contribution < 1.29 is 14.3 Å². The number of rotatable bonds is 2. The van der Waals surface area contributed by atoms with Gasteiger partial charge in [-0.15, -0.1) is 0 Å². The van der Waals surface area contributed by atoms with E-state index in [1.807, 2.05) is 18.7 Å². The number of piperazine rings is 1. The van der Waals surface area contributed by atoms with E-state index in [1.54, 1.807) is 13.8 Å². The average molecular weight is 268 g/mol. The SMILES string of the molecule is CCC1C(=O)NC(C)(C)C(=O)N1C1CCOC(C)C1. The lowest BCUT2D eigenvalue weighted by Crippen LogP contribution is -2.70. The molecule has 5 heteroatoms. The highest BCUT2D eigenvalue weighted by molar-refractivity contribution is 5.99. The highest BCUT2D eigenvalue weighted by Gasteiger charge is 2.47. The summed E-state index contributed by atoms with van der Waals surface area (Å²) < 4.78 is 5.54. The molecule has 0 aromatic carbocycles. The third kappa shape index (κ3) is 2.61. The molecule has 0 aromatic rings. The van der Waals surface area contributed by atoms with E-state index < -0.39 is 5.54 Å². The van der Waals surface area contributed by atoms with E-state index in [-0.39, 0.29) is 30.0 Å². The number of ether oxygens (including phenoxy) is 1. The summed E-state index contributed by atoms with van der Waals surface area (Å²) in [6.45, 7) is 8.18. The molecule has 0 bridgehead atoms. The lowest BCUT2D eigenvalue weighted by atomic mass is 9.91. The Bertz CT molecular complexity index is 381. The van der Waals surface area contributed by atoms with Crippen LogP contribution >= 0.6 is 0 Å². The van der Waals surface area contributed by atoms with Gasteiger partial charge in [0.15, 0.2) is 0 Å². The van der Waals surface area contributed by atoms with E-state index in [4.69, 9.17) is 4.74 Å². The molecular weight excluding hydrogens is 244 g/mol. The second-order valence-corrected chi connectivity index (χ2v) is 6.11. The third-order valence-corrected chi connectivity index (χ3v) is 4.08. The van der Waals surface area contributed by atoms with E-state index in [9.17, 15) is 9.59 Å². The number of carbonyl (C=O) groups is 2. The summed E-state index contributed by atoms with van der Waals surface area (Å²) in [5.74, 6) is -0.00991. The molecule has 2 heterocycles. The number of nitrogens with zero attached hydrogens (tertiary/aromatic N) is 1. The lowest BCUT2D eigenvalue weighted by molar-refractivity contribution is -0.160. The zero-order chi connectivity index (χ0) is 14.2. The minimum absolute atomic E-state index is 0.0260. The molecule has 2 aliphatic rings. The van der Waals surface area contributed by atoms with Gasteiger partial charge in [0.1, 0.15) is 11.6 Å². The standard InChI is InChI=1S/C14H24N2O3/c1-5-11-12(17)15-14(3,4)13(18)16(11)10-6-7-19-9(2)8-10/h9-11H,5-8H2,1-4H3,(H,15,17). The molecule has 1 N–H and O–H groups in total. The van der Waals surface area contributed by atoms with E-state index in [0.29, 0.717) is 13.0 Å². The molecule has 5 nitrogen and oxygen atoms in total. The summed E-state index contributed by atoms with van der Waals surface area (Å²) in [5.41, 5.74) is -0.801. The summed E-state index contributed by atoms with van der Waals surface area (Å²) in [6, 6.07) is -0.220. The number of nitrogens with one attached hydrogen (secondary N) is 1. The monoisotopic (exact) mass is 268 g/mol. The van der Waals surface area contributed by atoms with Gasteiger partial charge in [-0.1, -0.05) is 6.92 Å². The Morgan fingerprint density at radius 2 is 2.11 bits per heavy atom. The fourth-order valence-electron chi connectivity index (χ4n) is 3.06. The van der Waals surface area contributed by atoms with Gasteiger partial charge in [-0.25, -0.2) is 0 Å². The summed E-state index contributed by atoms with van der Waals surface area (Å²) in [7, 11) is 0. The molecule has 0 saturated carbocycles. The predicted octanol–water partition coefficient (Wildman–Crippen LogP) is 1.07. The topological polar surface area (TPSA) is 58.6 Å². The largest absolute Gasteiger partial charge is 0.378 e. The van der Waals surface area contributed by atoms with Gasteiger partial charge in [0.2, 0.25) is 11.8 Å². The maximum atomic E-state index is 12.6. The molecule has 0 radical (unpaired) electrons. The van der Waals surface area contributed by atoms with Crippen LogP contribution in [0.4, 0.5) is 0 Å². The third-order valence-electron chi connectivity index (χ3n) is 4.08. The van der Waals surface area contributed by atoms with Gasteiger partial charge in [-0.05, 0) is 40.0 Å². The molecule has 0 aromatic heterocycles. The van der Waals surface area contributed by atoms with Crippen LogP contribution in [0, 0.1) is 0 Å². The number of hydrogen-bond acceptors (Lipinski definition) is 3. The Hall–Kier alpha value is -1.10. The molecule has 0 aliphatic carbocycles. The van der Waals surface area contributed by atoms with Crippen molar-refractivity contribution in [3.05, 3.63) is 0 Å². The number of amides is 2. The molecule has 0 spiro atoms. The predicted molar refractivity (Wildman–Crippen MR) is 71.6 cm³/mol. The van der Waals surface area contributed by atoms with Crippen molar-refractivity contribution >= 4 is 11.8 Å². The van der Waals surface area contributed by atoms with Gasteiger partial charge in [-0.3, -0.25) is 9.59 Å². The van der Waals surface area contributed by atoms with Crippen molar-refractivity contribution in [1.82, 2.24) is 10.2 Å². The first-order valence-electron chi connectivity index (χ1n) is 7.13. The molecule has 3 unspecified atom stereocenters. The Kier molecular flexibility index (Phi) is 3.85. The van der Waals surface area contributed by atoms with Crippen LogP contribution in [0.25, 0.3) is 0 Å². The van der Waals surface area contributed by atoms with E-state index >= 15 is 0 Å². The van der Waals surface area contributed by atoms with E-state index in [1.165, 1.54) is 0 Å². The van der Waals surface area contributed by atoms with Gasteiger partial charge >= 0.3 is 0 Å². The van der Waals surface area contributed by atoms with Crippen LogP contribution in [0.3, 0.4) is 0 Å². The second kappa shape index (κ2) is 5.12. The Labute approximate surface area is 114 Å². The summed E-state index contributed by atoms with van der Waals surface area (Å²) >= 11 is 0. The molecule has 2 rings (SSSR count). The van der Waals surface area contributed by atoms with Crippen LogP contribution < -0.4 is 5.32 Å². The molecular formula is C14H24N2O3. The molecule has 108 valence electrons. The van der Waals surface area contributed by atoms with Crippen molar-refractivity contribution in [1.29, 1.82) is 0 Å². The molecule has 2 amide bonds. The van der Waals surface area contributed by atoms with Gasteiger partial charge in [0.25, 0.3) is 0 Å². The normalized spacial score (nSPS) is 35.2. The van der Waals surface area contributed by atoms with Crippen molar-refractivity contribution in [3.63, 3.8) is 0 Å². The van der Waals surface area contributed by atoms with Crippen LogP contribution in [0.5, 0.6) is 0 Å². The first-order chi connectivity index (χ1) is 8.86. The summed E-state index contributed by atoms with van der Waals surface area (Å²) in [4.78, 5) is 26.6. The van der Waals surface area contributed by atoms with Gasteiger partial charge in [-0.2, -0.15) is 0 Å². The van der Waals surface area contributed by atoms with Crippen molar-refractivity contribution in [2.75, 3.05) is 6.61 Å². The molecule has 19 heavy (non-hydrogen) atoms. The van der Waals surface area contributed by atoms with Crippen LogP contribution in [0.15, 0.2) is 0 Å². The smallest absolute Gasteiger partial charge is 0.248 e. The molecule has 2 fully saturated rings. The summed E-state index contributed by atoms with van der Waals surface area (Å²) in [6.07, 6.45) is 2.43. The first-order valence-corrected chi connectivity index (χ1v) is 7.13. The van der Waals surface area contributed by atoms with Gasteiger partial charge in [0, 0.05) is 12.6 Å². The van der Waals surface area contributed by atoms with Gasteiger partial charge < -0.3 is 15.0 Å².